The van der Waals surface area contributed by atoms with Gasteiger partial charge in [0.05, 0.1) is 0 Å². The summed E-state index contributed by atoms with van der Waals surface area (Å²) >= 11 is 0. The highest BCUT2D eigenvalue weighted by Crippen LogP contribution is 2.34. The zero-order valence-corrected chi connectivity index (χ0v) is 15.0. The molecule has 6 nitrogen and oxygen atoms in total. The molecule has 136 valence electrons. The molecule has 0 bridgehead atoms. The van der Waals surface area contributed by atoms with Crippen LogP contribution in [-0.2, 0) is 16.1 Å². The number of aryl methyl sites for hydroxylation is 1. The molecule has 6 heteroatoms. The Hall–Kier alpha value is -3.02. The number of amides is 2. The summed E-state index contributed by atoms with van der Waals surface area (Å²) in [6, 6.07) is 13.3. The number of anilines is 1. The first-order valence-electron chi connectivity index (χ1n) is 8.52. The van der Waals surface area contributed by atoms with Crippen molar-refractivity contribution in [2.75, 3.05) is 18.7 Å². The van der Waals surface area contributed by atoms with Gasteiger partial charge < -0.3 is 19.7 Å². The predicted molar refractivity (Wildman–Crippen MR) is 98.1 cm³/mol. The van der Waals surface area contributed by atoms with Crippen molar-refractivity contribution in [3.63, 3.8) is 0 Å². The molecule has 0 fully saturated rings. The van der Waals surface area contributed by atoms with E-state index >= 15 is 0 Å². The third kappa shape index (κ3) is 4.53. The van der Waals surface area contributed by atoms with Crippen LogP contribution in [0.25, 0.3) is 0 Å². The van der Waals surface area contributed by atoms with Crippen molar-refractivity contribution >= 4 is 17.5 Å². The van der Waals surface area contributed by atoms with E-state index in [1.165, 1.54) is 12.5 Å². The molecule has 0 aliphatic carbocycles. The quantitative estimate of drug-likeness (QED) is 0.865. The van der Waals surface area contributed by atoms with Gasteiger partial charge in [0.2, 0.25) is 18.6 Å². The molecule has 1 aliphatic rings. The van der Waals surface area contributed by atoms with Gasteiger partial charge in [0.15, 0.2) is 11.5 Å². The molecular formula is C20H22N2O4. The van der Waals surface area contributed by atoms with Gasteiger partial charge in [-0.2, -0.15) is 0 Å². The summed E-state index contributed by atoms with van der Waals surface area (Å²) in [5.41, 5.74) is 2.86. The first-order chi connectivity index (χ1) is 12.5. The minimum atomic E-state index is -0.154. The number of hydrogen-bond donors (Lipinski definition) is 1. The molecule has 0 spiro atoms. The summed E-state index contributed by atoms with van der Waals surface area (Å²) < 4.78 is 10.5. The normalized spacial score (nSPS) is 11.9. The minimum Gasteiger partial charge on any atom is -0.454 e. The first kappa shape index (κ1) is 17.8. The molecule has 2 aromatic carbocycles. The molecule has 0 unspecified atom stereocenters. The lowest BCUT2D eigenvalue weighted by molar-refractivity contribution is -0.129. The Morgan fingerprint density at radius 2 is 1.81 bits per heavy atom. The van der Waals surface area contributed by atoms with Crippen LogP contribution in [0.3, 0.4) is 0 Å². The fraction of sp³-hybridized carbons (Fsp3) is 0.300. The van der Waals surface area contributed by atoms with Gasteiger partial charge in [-0.15, -0.1) is 0 Å². The van der Waals surface area contributed by atoms with Crippen LogP contribution < -0.4 is 14.8 Å². The number of nitrogens with one attached hydrogen (secondary N) is 1. The minimum absolute atomic E-state index is 0.0542. The maximum Gasteiger partial charge on any atom is 0.231 e. The number of ether oxygens (including phenoxy) is 2. The third-order valence-corrected chi connectivity index (χ3v) is 4.20. The largest absolute Gasteiger partial charge is 0.454 e. The SMILES string of the molecule is CC(=O)N(CCC(=O)Nc1ccc2c(c1)OCO2)Cc1ccc(C)cc1. The van der Waals surface area contributed by atoms with E-state index in [1.807, 2.05) is 31.2 Å². The fourth-order valence-electron chi connectivity index (χ4n) is 2.70. The zero-order chi connectivity index (χ0) is 18.5. The highest BCUT2D eigenvalue weighted by Gasteiger charge is 2.15. The zero-order valence-electron chi connectivity index (χ0n) is 15.0. The van der Waals surface area contributed by atoms with Gasteiger partial charge in [0.25, 0.3) is 0 Å². The maximum absolute atomic E-state index is 12.2. The molecular weight excluding hydrogens is 332 g/mol. The summed E-state index contributed by atoms with van der Waals surface area (Å²) in [6.07, 6.45) is 0.222. The lowest BCUT2D eigenvalue weighted by Crippen LogP contribution is -2.31. The van der Waals surface area contributed by atoms with Crippen LogP contribution in [0.4, 0.5) is 5.69 Å². The molecule has 0 saturated heterocycles. The van der Waals surface area contributed by atoms with Gasteiger partial charge in [-0.1, -0.05) is 29.8 Å². The van der Waals surface area contributed by atoms with Crippen LogP contribution in [0, 0.1) is 6.92 Å². The van der Waals surface area contributed by atoms with Crippen LogP contribution in [-0.4, -0.2) is 30.1 Å². The molecule has 1 heterocycles. The Morgan fingerprint density at radius 1 is 1.08 bits per heavy atom. The van der Waals surface area contributed by atoms with Gasteiger partial charge >= 0.3 is 0 Å². The Kier molecular flexibility index (Phi) is 5.41. The van der Waals surface area contributed by atoms with E-state index in [0.29, 0.717) is 30.3 Å². The van der Waals surface area contributed by atoms with E-state index in [0.717, 1.165) is 5.56 Å². The molecule has 1 aliphatic heterocycles. The lowest BCUT2D eigenvalue weighted by atomic mass is 10.1. The van der Waals surface area contributed by atoms with Crippen LogP contribution >= 0.6 is 0 Å². The number of carbonyl (C=O) groups is 2. The second-order valence-corrected chi connectivity index (χ2v) is 6.29. The van der Waals surface area contributed by atoms with Crippen molar-refractivity contribution in [1.29, 1.82) is 0 Å². The number of benzene rings is 2. The summed E-state index contributed by atoms with van der Waals surface area (Å²) in [6.45, 7) is 4.59. The van der Waals surface area contributed by atoms with E-state index in [1.54, 1.807) is 23.1 Å². The van der Waals surface area contributed by atoms with Crippen molar-refractivity contribution in [3.05, 3.63) is 53.6 Å². The smallest absolute Gasteiger partial charge is 0.231 e. The second-order valence-electron chi connectivity index (χ2n) is 6.29. The molecule has 0 radical (unpaired) electrons. The molecule has 3 rings (SSSR count). The summed E-state index contributed by atoms with van der Waals surface area (Å²) in [5, 5.41) is 2.82. The number of fused-ring (bicyclic) bond motifs is 1. The molecule has 26 heavy (non-hydrogen) atoms. The van der Waals surface area contributed by atoms with Crippen molar-refractivity contribution in [2.45, 2.75) is 26.8 Å². The van der Waals surface area contributed by atoms with Gasteiger partial charge in [0, 0.05) is 38.2 Å². The fourth-order valence-corrected chi connectivity index (χ4v) is 2.70. The Balaban J connectivity index is 1.54. The number of nitrogens with zero attached hydrogens (tertiary/aromatic N) is 1. The van der Waals surface area contributed by atoms with Crippen LogP contribution in [0.15, 0.2) is 42.5 Å². The highest BCUT2D eigenvalue weighted by molar-refractivity contribution is 5.91. The Morgan fingerprint density at radius 3 is 2.54 bits per heavy atom. The van der Waals surface area contributed by atoms with E-state index in [-0.39, 0.29) is 25.0 Å². The summed E-state index contributed by atoms with van der Waals surface area (Å²) in [4.78, 5) is 25.8. The lowest BCUT2D eigenvalue weighted by Gasteiger charge is -2.21. The topological polar surface area (TPSA) is 67.9 Å². The van der Waals surface area contributed by atoms with Crippen molar-refractivity contribution in [2.24, 2.45) is 0 Å². The molecule has 0 saturated carbocycles. The number of rotatable bonds is 6. The molecule has 1 N–H and O–H groups in total. The molecule has 2 aromatic rings. The Labute approximate surface area is 152 Å². The maximum atomic E-state index is 12.2. The molecule has 0 atom stereocenters. The number of hydrogen-bond acceptors (Lipinski definition) is 4. The van der Waals surface area contributed by atoms with E-state index < -0.39 is 0 Å². The van der Waals surface area contributed by atoms with Crippen molar-refractivity contribution < 1.29 is 19.1 Å². The third-order valence-electron chi connectivity index (χ3n) is 4.20. The highest BCUT2D eigenvalue weighted by atomic mass is 16.7. The van der Waals surface area contributed by atoms with E-state index in [4.69, 9.17) is 9.47 Å². The van der Waals surface area contributed by atoms with Crippen molar-refractivity contribution in [3.8, 4) is 11.5 Å². The van der Waals surface area contributed by atoms with Crippen LogP contribution in [0.1, 0.15) is 24.5 Å². The van der Waals surface area contributed by atoms with E-state index in [2.05, 4.69) is 5.32 Å². The Bertz CT molecular complexity index is 802. The van der Waals surface area contributed by atoms with Crippen LogP contribution in [0.5, 0.6) is 11.5 Å². The average Bonchev–Trinajstić information content (AvgIpc) is 3.07. The molecule has 2 amide bonds. The van der Waals surface area contributed by atoms with Crippen LogP contribution in [0.2, 0.25) is 0 Å². The van der Waals surface area contributed by atoms with E-state index in [9.17, 15) is 9.59 Å². The van der Waals surface area contributed by atoms with Gasteiger partial charge in [-0.3, -0.25) is 9.59 Å². The van der Waals surface area contributed by atoms with Gasteiger partial charge in [0.1, 0.15) is 0 Å². The first-order valence-corrected chi connectivity index (χ1v) is 8.52. The average molecular weight is 354 g/mol. The summed E-state index contributed by atoms with van der Waals surface area (Å²) in [5.74, 6) is 1.08. The number of carbonyl (C=O) groups excluding carboxylic acids is 2. The van der Waals surface area contributed by atoms with Gasteiger partial charge in [-0.05, 0) is 24.6 Å². The van der Waals surface area contributed by atoms with Crippen molar-refractivity contribution in [1.82, 2.24) is 4.90 Å². The standard InChI is InChI=1S/C20H22N2O4/c1-14-3-5-16(6-4-14)12-22(15(2)23)10-9-20(24)21-17-7-8-18-19(11-17)26-13-25-18/h3-8,11H,9-10,12-13H2,1-2H3,(H,21,24). The summed E-state index contributed by atoms with van der Waals surface area (Å²) in [7, 11) is 0. The van der Waals surface area contributed by atoms with Gasteiger partial charge in [-0.25, -0.2) is 0 Å². The monoisotopic (exact) mass is 354 g/mol. The second kappa shape index (κ2) is 7.91. The predicted octanol–water partition coefficient (Wildman–Crippen LogP) is 3.10. The molecule has 0 aromatic heterocycles.